The second kappa shape index (κ2) is 6.86. The molecule has 1 N–H and O–H groups in total. The van der Waals surface area contributed by atoms with Gasteiger partial charge >= 0.3 is 0 Å². The molecule has 0 unspecified atom stereocenters. The van der Waals surface area contributed by atoms with E-state index in [4.69, 9.17) is 0 Å². The van der Waals surface area contributed by atoms with E-state index >= 15 is 0 Å². The fraction of sp³-hybridized carbons (Fsp3) is 0.133. The number of rotatable bonds is 2. The highest BCUT2D eigenvalue weighted by Gasteiger charge is 2.20. The summed E-state index contributed by atoms with van der Waals surface area (Å²) in [5.41, 5.74) is 9.96. The first-order chi connectivity index (χ1) is 15.5. The maximum Gasteiger partial charge on any atom is 0.0797 e. The van der Waals surface area contributed by atoms with Gasteiger partial charge in [0.1, 0.15) is 0 Å². The van der Waals surface area contributed by atoms with Crippen molar-refractivity contribution in [3.05, 3.63) is 103 Å². The first-order valence-electron chi connectivity index (χ1n) is 11.2. The van der Waals surface area contributed by atoms with Crippen LogP contribution in [-0.2, 0) is 5.41 Å². The van der Waals surface area contributed by atoms with Crippen LogP contribution >= 0.6 is 0 Å². The van der Waals surface area contributed by atoms with Gasteiger partial charge in [-0.15, -0.1) is 0 Å². The number of nitrogens with one attached hydrogen (secondary N) is 1. The van der Waals surface area contributed by atoms with Crippen LogP contribution in [-0.4, -0.2) is 9.55 Å². The first kappa shape index (κ1) is 18.9. The van der Waals surface area contributed by atoms with E-state index in [-0.39, 0.29) is 5.41 Å². The molecule has 0 saturated heterocycles. The van der Waals surface area contributed by atoms with Crippen LogP contribution in [0.4, 0.5) is 0 Å². The molecule has 0 radical (unpaired) electrons. The van der Waals surface area contributed by atoms with E-state index in [2.05, 4.69) is 127 Å². The van der Waals surface area contributed by atoms with Crippen molar-refractivity contribution in [3.8, 4) is 16.8 Å². The van der Waals surface area contributed by atoms with Crippen molar-refractivity contribution in [3.63, 3.8) is 0 Å². The Labute approximate surface area is 188 Å². The molecule has 2 heterocycles. The van der Waals surface area contributed by atoms with E-state index in [0.717, 1.165) is 0 Å². The molecule has 2 aromatic heterocycles. The highest BCUT2D eigenvalue weighted by Crippen LogP contribution is 2.38. The predicted molar refractivity (Wildman–Crippen MR) is 137 cm³/mol. The molecule has 2 nitrogen and oxygen atoms in total. The molecule has 4 aromatic carbocycles. The van der Waals surface area contributed by atoms with Crippen molar-refractivity contribution in [2.24, 2.45) is 0 Å². The van der Waals surface area contributed by atoms with Crippen molar-refractivity contribution in [2.45, 2.75) is 26.2 Å². The quantitative estimate of drug-likeness (QED) is 0.294. The Kier molecular flexibility index (Phi) is 4.06. The monoisotopic (exact) mass is 414 g/mol. The topological polar surface area (TPSA) is 20.7 Å². The average molecular weight is 415 g/mol. The third kappa shape index (κ3) is 2.87. The maximum atomic E-state index is 3.71. The summed E-state index contributed by atoms with van der Waals surface area (Å²) < 4.78 is 2.41. The summed E-state index contributed by atoms with van der Waals surface area (Å²) >= 11 is 0. The van der Waals surface area contributed by atoms with Crippen LogP contribution in [0.2, 0.25) is 0 Å². The summed E-state index contributed by atoms with van der Waals surface area (Å²) in [4.78, 5) is 3.71. The summed E-state index contributed by atoms with van der Waals surface area (Å²) in [7, 11) is 0. The number of H-pyrrole nitrogens is 1. The van der Waals surface area contributed by atoms with E-state index in [0.29, 0.717) is 0 Å². The fourth-order valence-electron chi connectivity index (χ4n) is 4.77. The molecule has 32 heavy (non-hydrogen) atoms. The molecule has 0 aliphatic rings. The van der Waals surface area contributed by atoms with E-state index in [1.165, 1.54) is 55.2 Å². The second-order valence-corrected chi connectivity index (χ2v) is 9.62. The number of para-hydroxylation sites is 1. The minimum atomic E-state index is 0.103. The molecular weight excluding hydrogens is 388 g/mol. The van der Waals surface area contributed by atoms with Crippen LogP contribution in [0, 0.1) is 0 Å². The number of hydrogen-bond acceptors (Lipinski definition) is 0. The van der Waals surface area contributed by atoms with Crippen molar-refractivity contribution in [1.82, 2.24) is 9.55 Å². The third-order valence-electron chi connectivity index (χ3n) is 6.51. The second-order valence-electron chi connectivity index (χ2n) is 9.62. The standard InChI is InChI=1S/C30H26N2/c1-30(2,3)22-15-18-27-25(19-22)28-29(24-11-7-8-12-26(24)31-28)32(27)23-16-13-21(14-17-23)20-9-5-4-6-10-20/h4-19,31H,1-3H3. The van der Waals surface area contributed by atoms with Crippen LogP contribution < -0.4 is 0 Å². The first-order valence-corrected chi connectivity index (χ1v) is 11.2. The molecule has 0 amide bonds. The number of benzene rings is 4. The molecule has 0 fully saturated rings. The molecule has 6 aromatic rings. The summed E-state index contributed by atoms with van der Waals surface area (Å²) in [5.74, 6) is 0. The van der Waals surface area contributed by atoms with Gasteiger partial charge in [-0.25, -0.2) is 0 Å². The Bertz CT molecular complexity index is 1570. The van der Waals surface area contributed by atoms with Gasteiger partial charge in [-0.2, -0.15) is 0 Å². The van der Waals surface area contributed by atoms with Gasteiger partial charge in [0, 0.05) is 22.0 Å². The van der Waals surface area contributed by atoms with Gasteiger partial charge in [0.15, 0.2) is 0 Å². The van der Waals surface area contributed by atoms with Gasteiger partial charge in [-0.1, -0.05) is 87.5 Å². The van der Waals surface area contributed by atoms with Gasteiger partial charge in [0.05, 0.1) is 16.6 Å². The Hall–Kier alpha value is -3.78. The van der Waals surface area contributed by atoms with Gasteiger partial charge in [0.2, 0.25) is 0 Å². The number of fused-ring (bicyclic) bond motifs is 5. The highest BCUT2D eigenvalue weighted by atomic mass is 15.0. The summed E-state index contributed by atoms with van der Waals surface area (Å²) in [5, 5.41) is 2.53. The molecule has 156 valence electrons. The lowest BCUT2D eigenvalue weighted by Gasteiger charge is -2.19. The van der Waals surface area contributed by atoms with Crippen molar-refractivity contribution in [2.75, 3.05) is 0 Å². The summed E-state index contributed by atoms with van der Waals surface area (Å²) in [6.45, 7) is 6.82. The molecule has 0 bridgehead atoms. The third-order valence-corrected chi connectivity index (χ3v) is 6.51. The zero-order valence-corrected chi connectivity index (χ0v) is 18.7. The van der Waals surface area contributed by atoms with E-state index in [1.54, 1.807) is 0 Å². The Morgan fingerprint density at radius 1 is 0.656 bits per heavy atom. The zero-order chi connectivity index (χ0) is 21.9. The number of aromatic nitrogens is 2. The summed E-state index contributed by atoms with van der Waals surface area (Å²) in [6, 6.07) is 35.0. The molecular formula is C30H26N2. The maximum absolute atomic E-state index is 3.71. The minimum absolute atomic E-state index is 0.103. The van der Waals surface area contributed by atoms with E-state index in [1.807, 2.05) is 0 Å². The van der Waals surface area contributed by atoms with Crippen LogP contribution in [0.25, 0.3) is 49.7 Å². The van der Waals surface area contributed by atoms with Crippen LogP contribution in [0.5, 0.6) is 0 Å². The lowest BCUT2D eigenvalue weighted by atomic mass is 9.86. The highest BCUT2D eigenvalue weighted by molar-refractivity contribution is 6.18. The average Bonchev–Trinajstić information content (AvgIpc) is 3.33. The smallest absolute Gasteiger partial charge is 0.0797 e. The van der Waals surface area contributed by atoms with E-state index in [9.17, 15) is 0 Å². The molecule has 0 atom stereocenters. The molecule has 0 saturated carbocycles. The number of hydrogen-bond donors (Lipinski definition) is 1. The Morgan fingerprint density at radius 3 is 2.09 bits per heavy atom. The van der Waals surface area contributed by atoms with E-state index < -0.39 is 0 Å². The molecule has 0 aliphatic heterocycles. The van der Waals surface area contributed by atoms with Crippen LogP contribution in [0.3, 0.4) is 0 Å². The molecule has 2 heteroatoms. The zero-order valence-electron chi connectivity index (χ0n) is 18.7. The Balaban J connectivity index is 1.64. The van der Waals surface area contributed by atoms with Crippen molar-refractivity contribution < 1.29 is 0 Å². The lowest BCUT2D eigenvalue weighted by Crippen LogP contribution is -2.10. The normalized spacial score (nSPS) is 12.2. The predicted octanol–water partition coefficient (Wildman–Crippen LogP) is 8.23. The number of nitrogens with zero attached hydrogens (tertiary/aromatic N) is 1. The number of aromatic amines is 1. The fourth-order valence-corrected chi connectivity index (χ4v) is 4.77. The molecule has 0 spiro atoms. The Morgan fingerprint density at radius 2 is 1.34 bits per heavy atom. The minimum Gasteiger partial charge on any atom is -0.353 e. The SMILES string of the molecule is CC(C)(C)c1ccc2c(c1)c1[nH]c3ccccc3c1n2-c1ccc(-c2ccccc2)cc1. The van der Waals surface area contributed by atoms with Crippen molar-refractivity contribution in [1.29, 1.82) is 0 Å². The largest absolute Gasteiger partial charge is 0.353 e. The van der Waals surface area contributed by atoms with Gasteiger partial charge < -0.3 is 9.55 Å². The van der Waals surface area contributed by atoms with Gasteiger partial charge in [0.25, 0.3) is 0 Å². The molecule has 6 rings (SSSR count). The lowest BCUT2D eigenvalue weighted by molar-refractivity contribution is 0.591. The molecule has 0 aliphatic carbocycles. The summed E-state index contributed by atoms with van der Waals surface area (Å²) in [6.07, 6.45) is 0. The van der Waals surface area contributed by atoms with Crippen LogP contribution in [0.15, 0.2) is 97.1 Å². The van der Waals surface area contributed by atoms with Crippen molar-refractivity contribution >= 4 is 32.8 Å². The van der Waals surface area contributed by atoms with Gasteiger partial charge in [-0.3, -0.25) is 0 Å². The van der Waals surface area contributed by atoms with Gasteiger partial charge in [-0.05, 0) is 52.4 Å². The van der Waals surface area contributed by atoms with Crippen LogP contribution in [0.1, 0.15) is 26.3 Å².